The van der Waals surface area contributed by atoms with Gasteiger partial charge in [0.25, 0.3) is 0 Å². The van der Waals surface area contributed by atoms with Crippen molar-refractivity contribution in [2.24, 2.45) is 12.0 Å². The Morgan fingerprint density at radius 3 is 2.73 bits per heavy atom. The first-order chi connectivity index (χ1) is 12.4. The van der Waals surface area contributed by atoms with Crippen molar-refractivity contribution in [2.45, 2.75) is 51.6 Å². The molecule has 0 amide bonds. The molecule has 1 aliphatic carbocycles. The fraction of sp³-hybridized carbons (Fsp3) is 0.500. The first-order valence-corrected chi connectivity index (χ1v) is 9.14. The Labute approximate surface area is 154 Å². The van der Waals surface area contributed by atoms with Gasteiger partial charge < -0.3 is 10.6 Å². The average Bonchev–Trinajstić information content (AvgIpc) is 3.32. The van der Waals surface area contributed by atoms with E-state index < -0.39 is 0 Å². The van der Waals surface area contributed by atoms with Crippen molar-refractivity contribution in [3.05, 3.63) is 52.6 Å². The van der Waals surface area contributed by atoms with Crippen molar-refractivity contribution in [1.82, 2.24) is 20.4 Å². The quantitative estimate of drug-likeness (QED) is 0.639. The lowest BCUT2D eigenvalue weighted by Gasteiger charge is -2.18. The first-order valence-electron chi connectivity index (χ1n) is 9.14. The Bertz CT molecular complexity index is 811. The van der Waals surface area contributed by atoms with Crippen molar-refractivity contribution in [1.29, 1.82) is 0 Å². The first kappa shape index (κ1) is 18.4. The van der Waals surface area contributed by atoms with Gasteiger partial charge in [0.1, 0.15) is 5.82 Å². The maximum Gasteiger partial charge on any atom is 0.191 e. The highest BCUT2D eigenvalue weighted by Crippen LogP contribution is 2.41. The molecule has 1 fully saturated rings. The molecule has 140 valence electrons. The number of aryl methyl sites for hydroxylation is 2. The molecule has 3 rings (SSSR count). The van der Waals surface area contributed by atoms with Gasteiger partial charge in [0.2, 0.25) is 0 Å². The maximum atomic E-state index is 13.9. The van der Waals surface area contributed by atoms with Crippen LogP contribution < -0.4 is 10.6 Å². The fourth-order valence-corrected chi connectivity index (χ4v) is 3.52. The van der Waals surface area contributed by atoms with Crippen LogP contribution >= 0.6 is 0 Å². The van der Waals surface area contributed by atoms with Crippen LogP contribution in [0.4, 0.5) is 4.39 Å². The molecule has 1 aromatic heterocycles. The molecule has 6 heteroatoms. The van der Waals surface area contributed by atoms with Gasteiger partial charge in [0.05, 0.1) is 5.69 Å². The van der Waals surface area contributed by atoms with Crippen molar-refractivity contribution >= 4 is 5.96 Å². The second kappa shape index (κ2) is 7.48. The number of aliphatic imine (C=N–C) groups is 1. The third-order valence-electron chi connectivity index (χ3n) is 5.19. The van der Waals surface area contributed by atoms with E-state index in [1.54, 1.807) is 13.1 Å². The predicted octanol–water partition coefficient (Wildman–Crippen LogP) is 2.83. The minimum absolute atomic E-state index is 0.124. The molecule has 1 aliphatic rings. The number of hydrogen-bond acceptors (Lipinski definition) is 2. The van der Waals surface area contributed by atoms with Crippen LogP contribution in [0.1, 0.15) is 41.8 Å². The summed E-state index contributed by atoms with van der Waals surface area (Å²) in [6.45, 7) is 6.28. The van der Waals surface area contributed by atoms with Crippen LogP contribution in [0, 0.1) is 19.7 Å². The molecule has 1 aromatic carbocycles. The number of guanidine groups is 1. The summed E-state index contributed by atoms with van der Waals surface area (Å²) < 4.78 is 15.8. The number of rotatable bonds is 5. The number of hydrogen-bond donors (Lipinski definition) is 2. The zero-order chi connectivity index (χ0) is 18.8. The number of halogens is 1. The van der Waals surface area contributed by atoms with Crippen LogP contribution in [0.2, 0.25) is 0 Å². The van der Waals surface area contributed by atoms with Crippen molar-refractivity contribution < 1.29 is 4.39 Å². The van der Waals surface area contributed by atoms with E-state index in [1.165, 1.54) is 17.3 Å². The van der Waals surface area contributed by atoms with Gasteiger partial charge in [-0.1, -0.05) is 18.2 Å². The summed E-state index contributed by atoms with van der Waals surface area (Å²) in [4.78, 5) is 4.33. The number of nitrogens with one attached hydrogen (secondary N) is 2. The van der Waals surface area contributed by atoms with Gasteiger partial charge in [-0.15, -0.1) is 0 Å². The standard InChI is InChI=1S/C20H28FN5/c1-12(10-16-13(2)25-26(5)14(16)3)23-20(22-4)24-19-11-17(19)15-8-6-7-9-18(15)21/h6-9,12,17,19H,10-11H2,1-5H3,(H2,22,23,24). The monoisotopic (exact) mass is 357 g/mol. The Kier molecular flexibility index (Phi) is 5.30. The SMILES string of the molecule is CN=C(NC(C)Cc1c(C)nn(C)c1C)NC1CC1c1ccccc1F. The Morgan fingerprint density at radius 2 is 2.12 bits per heavy atom. The van der Waals surface area contributed by atoms with E-state index in [2.05, 4.69) is 34.6 Å². The van der Waals surface area contributed by atoms with Gasteiger partial charge in [-0.3, -0.25) is 9.67 Å². The molecule has 0 spiro atoms. The van der Waals surface area contributed by atoms with E-state index >= 15 is 0 Å². The van der Waals surface area contributed by atoms with Gasteiger partial charge in [-0.25, -0.2) is 4.39 Å². The third kappa shape index (κ3) is 3.89. The predicted molar refractivity (Wildman–Crippen MR) is 103 cm³/mol. The summed E-state index contributed by atoms with van der Waals surface area (Å²) in [5.41, 5.74) is 4.33. The summed E-state index contributed by atoms with van der Waals surface area (Å²) in [5, 5.41) is 11.3. The molecule has 1 heterocycles. The molecule has 0 bridgehead atoms. The molecule has 3 atom stereocenters. The lowest BCUT2D eigenvalue weighted by atomic mass is 10.1. The van der Waals surface area contributed by atoms with Gasteiger partial charge in [-0.05, 0) is 50.8 Å². The molecular formula is C20H28FN5. The van der Waals surface area contributed by atoms with Crippen molar-refractivity contribution in [3.8, 4) is 0 Å². The largest absolute Gasteiger partial charge is 0.354 e. The summed E-state index contributed by atoms with van der Waals surface area (Å²) in [7, 11) is 3.74. The van der Waals surface area contributed by atoms with E-state index in [-0.39, 0.29) is 23.8 Å². The molecule has 26 heavy (non-hydrogen) atoms. The highest BCUT2D eigenvalue weighted by atomic mass is 19.1. The maximum absolute atomic E-state index is 13.9. The van der Waals surface area contributed by atoms with E-state index in [0.717, 1.165) is 30.1 Å². The van der Waals surface area contributed by atoms with Crippen LogP contribution in [0.25, 0.3) is 0 Å². The smallest absolute Gasteiger partial charge is 0.191 e. The molecule has 0 saturated heterocycles. The lowest BCUT2D eigenvalue weighted by molar-refractivity contribution is 0.605. The minimum atomic E-state index is -0.124. The van der Waals surface area contributed by atoms with Crippen LogP contribution in [-0.2, 0) is 13.5 Å². The number of benzene rings is 1. The Balaban J connectivity index is 1.56. The highest BCUT2D eigenvalue weighted by molar-refractivity contribution is 5.80. The summed E-state index contributed by atoms with van der Waals surface area (Å²) >= 11 is 0. The van der Waals surface area contributed by atoms with Crippen LogP contribution in [0.3, 0.4) is 0 Å². The lowest BCUT2D eigenvalue weighted by Crippen LogP contribution is -2.44. The second-order valence-electron chi connectivity index (χ2n) is 7.21. The number of nitrogens with zero attached hydrogens (tertiary/aromatic N) is 3. The zero-order valence-corrected chi connectivity index (χ0v) is 16.2. The minimum Gasteiger partial charge on any atom is -0.354 e. The second-order valence-corrected chi connectivity index (χ2v) is 7.21. The zero-order valence-electron chi connectivity index (χ0n) is 16.2. The number of aromatic nitrogens is 2. The summed E-state index contributed by atoms with van der Waals surface area (Å²) in [6, 6.07) is 7.46. The summed E-state index contributed by atoms with van der Waals surface area (Å²) in [6.07, 6.45) is 1.81. The Morgan fingerprint density at radius 1 is 1.38 bits per heavy atom. The molecule has 5 nitrogen and oxygen atoms in total. The third-order valence-corrected chi connectivity index (χ3v) is 5.19. The molecular weight excluding hydrogens is 329 g/mol. The van der Waals surface area contributed by atoms with Crippen LogP contribution in [0.15, 0.2) is 29.3 Å². The van der Waals surface area contributed by atoms with Crippen LogP contribution in [0.5, 0.6) is 0 Å². The van der Waals surface area contributed by atoms with Gasteiger partial charge in [0.15, 0.2) is 5.96 Å². The molecule has 3 unspecified atom stereocenters. The summed E-state index contributed by atoms with van der Waals surface area (Å²) in [5.74, 6) is 0.856. The topological polar surface area (TPSA) is 54.2 Å². The fourth-order valence-electron chi connectivity index (χ4n) is 3.52. The van der Waals surface area contributed by atoms with E-state index in [0.29, 0.717) is 0 Å². The van der Waals surface area contributed by atoms with E-state index in [1.807, 2.05) is 30.8 Å². The van der Waals surface area contributed by atoms with Crippen LogP contribution in [-0.4, -0.2) is 34.9 Å². The van der Waals surface area contributed by atoms with E-state index in [9.17, 15) is 4.39 Å². The normalized spacial score (nSPS) is 20.8. The molecule has 2 N–H and O–H groups in total. The molecule has 0 radical (unpaired) electrons. The average molecular weight is 357 g/mol. The van der Waals surface area contributed by atoms with Gasteiger partial charge in [0, 0.05) is 37.8 Å². The van der Waals surface area contributed by atoms with Gasteiger partial charge >= 0.3 is 0 Å². The Hall–Kier alpha value is -2.37. The van der Waals surface area contributed by atoms with Crippen molar-refractivity contribution in [3.63, 3.8) is 0 Å². The molecule has 1 saturated carbocycles. The molecule has 0 aliphatic heterocycles. The van der Waals surface area contributed by atoms with E-state index in [4.69, 9.17) is 0 Å². The van der Waals surface area contributed by atoms with Crippen molar-refractivity contribution in [2.75, 3.05) is 7.05 Å². The van der Waals surface area contributed by atoms with Gasteiger partial charge in [-0.2, -0.15) is 5.10 Å². The molecule has 2 aromatic rings. The highest BCUT2D eigenvalue weighted by Gasteiger charge is 2.40.